The maximum Gasteiger partial charge on any atom is 0.376 e. The van der Waals surface area contributed by atoms with Crippen LogP contribution in [0.4, 0.5) is 5.69 Å². The van der Waals surface area contributed by atoms with Crippen LogP contribution in [0.2, 0.25) is 5.02 Å². The largest absolute Gasteiger partial charge is 0.493 e. The molecule has 0 fully saturated rings. The van der Waals surface area contributed by atoms with Crippen LogP contribution in [-0.2, 0) is 15.2 Å². The zero-order valence-corrected chi connectivity index (χ0v) is 21.1. The van der Waals surface area contributed by atoms with Crippen LogP contribution in [0.3, 0.4) is 0 Å². The maximum absolute atomic E-state index is 13.1. The lowest BCUT2D eigenvalue weighted by Gasteiger charge is -2.48. The van der Waals surface area contributed by atoms with Gasteiger partial charge in [-0.15, -0.1) is 16.9 Å². The molecular formula is C26H24ClN3O4S. The lowest BCUT2D eigenvalue weighted by Crippen LogP contribution is -2.56. The van der Waals surface area contributed by atoms with Crippen LogP contribution < -0.4 is 14.5 Å². The molecule has 0 spiro atoms. The summed E-state index contributed by atoms with van der Waals surface area (Å²) in [6.07, 6.45) is 0. The minimum atomic E-state index is -0.975. The summed E-state index contributed by atoms with van der Waals surface area (Å²) in [6.45, 7) is 2.03. The SMILES string of the molecule is CCOC(=O)C1=NN(c2ccc(Cl)cc2)C2(c3ccccc3)c3cc(OC)c(OC)cc3SCN12. The second-order valence-electron chi connectivity index (χ2n) is 7.88. The van der Waals surface area contributed by atoms with E-state index in [1.807, 2.05) is 76.6 Å². The van der Waals surface area contributed by atoms with E-state index in [1.165, 1.54) is 0 Å². The molecule has 3 aromatic rings. The molecule has 0 aliphatic carbocycles. The molecular weight excluding hydrogens is 486 g/mol. The number of nitrogens with zero attached hydrogens (tertiary/aromatic N) is 3. The summed E-state index contributed by atoms with van der Waals surface area (Å²) in [4.78, 5) is 16.1. The number of amidine groups is 1. The number of halogens is 1. The number of fused-ring (bicyclic) bond motifs is 3. The van der Waals surface area contributed by atoms with Crippen molar-refractivity contribution >= 4 is 40.9 Å². The summed E-state index contributed by atoms with van der Waals surface area (Å²) < 4.78 is 16.7. The zero-order valence-electron chi connectivity index (χ0n) is 19.5. The number of methoxy groups -OCH3 is 2. The predicted octanol–water partition coefficient (Wildman–Crippen LogP) is 5.32. The van der Waals surface area contributed by atoms with Gasteiger partial charge in [-0.25, -0.2) is 9.80 Å². The number of hydrogen-bond acceptors (Lipinski definition) is 8. The number of carbonyl (C=O) groups excluding carboxylic acids is 1. The molecule has 0 radical (unpaired) electrons. The Labute approximate surface area is 213 Å². The number of esters is 1. The molecule has 3 aromatic carbocycles. The smallest absolute Gasteiger partial charge is 0.376 e. The Morgan fingerprint density at radius 3 is 2.40 bits per heavy atom. The van der Waals surface area contributed by atoms with Crippen LogP contribution in [0.1, 0.15) is 18.1 Å². The monoisotopic (exact) mass is 509 g/mol. The highest BCUT2D eigenvalue weighted by Crippen LogP contribution is 2.54. The normalized spacial score (nSPS) is 18.5. The Bertz CT molecular complexity index is 1290. The summed E-state index contributed by atoms with van der Waals surface area (Å²) in [5.41, 5.74) is 1.65. The molecule has 0 bridgehead atoms. The van der Waals surface area contributed by atoms with Gasteiger partial charge in [-0.2, -0.15) is 0 Å². The van der Waals surface area contributed by atoms with E-state index >= 15 is 0 Å². The third-order valence-corrected chi connectivity index (χ3v) is 7.35. The van der Waals surface area contributed by atoms with Crippen LogP contribution in [0.5, 0.6) is 11.5 Å². The van der Waals surface area contributed by atoms with Crippen LogP contribution >= 0.6 is 23.4 Å². The number of carbonyl (C=O) groups is 1. The molecule has 180 valence electrons. The molecule has 0 aromatic heterocycles. The molecule has 0 saturated heterocycles. The summed E-state index contributed by atoms with van der Waals surface area (Å²) in [6, 6.07) is 21.3. The highest BCUT2D eigenvalue weighted by atomic mass is 35.5. The second-order valence-corrected chi connectivity index (χ2v) is 9.30. The van der Waals surface area contributed by atoms with E-state index in [-0.39, 0.29) is 12.4 Å². The van der Waals surface area contributed by atoms with Gasteiger partial charge in [-0.1, -0.05) is 41.9 Å². The Balaban J connectivity index is 1.84. The third kappa shape index (κ3) is 3.68. The second kappa shape index (κ2) is 9.36. The number of thioether (sulfide) groups is 1. The van der Waals surface area contributed by atoms with Gasteiger partial charge in [-0.3, -0.25) is 0 Å². The first-order chi connectivity index (χ1) is 17.0. The summed E-state index contributed by atoms with van der Waals surface area (Å²) in [5.74, 6) is 1.45. The molecule has 0 saturated carbocycles. The first-order valence-corrected chi connectivity index (χ1v) is 12.4. The molecule has 5 rings (SSSR count). The average molecular weight is 510 g/mol. The van der Waals surface area contributed by atoms with Crippen molar-refractivity contribution in [1.29, 1.82) is 0 Å². The van der Waals surface area contributed by atoms with Crippen molar-refractivity contribution in [3.8, 4) is 11.5 Å². The van der Waals surface area contributed by atoms with E-state index in [2.05, 4.69) is 0 Å². The van der Waals surface area contributed by atoms with Gasteiger partial charge in [0.1, 0.15) is 0 Å². The predicted molar refractivity (Wildman–Crippen MR) is 137 cm³/mol. The van der Waals surface area contributed by atoms with Crippen LogP contribution in [0.15, 0.2) is 76.7 Å². The number of rotatable bonds is 6. The highest BCUT2D eigenvalue weighted by Gasteiger charge is 2.57. The van der Waals surface area contributed by atoms with Gasteiger partial charge in [0, 0.05) is 21.0 Å². The lowest BCUT2D eigenvalue weighted by atomic mass is 9.88. The van der Waals surface area contributed by atoms with E-state index in [4.69, 9.17) is 30.9 Å². The fourth-order valence-corrected chi connectivity index (χ4v) is 5.82. The first-order valence-electron chi connectivity index (χ1n) is 11.1. The number of hydrazone groups is 1. The van der Waals surface area contributed by atoms with Crippen LogP contribution in [0.25, 0.3) is 0 Å². The maximum atomic E-state index is 13.1. The number of hydrogen-bond donors (Lipinski definition) is 0. The summed E-state index contributed by atoms with van der Waals surface area (Å²) >= 11 is 7.81. The molecule has 7 nitrogen and oxygen atoms in total. The van der Waals surface area contributed by atoms with E-state index in [0.29, 0.717) is 22.4 Å². The van der Waals surface area contributed by atoms with Gasteiger partial charge in [-0.05, 0) is 43.3 Å². The standard InChI is InChI=1S/C26H24ClN3O4S/c1-4-34-25(31)24-28-30(19-12-10-18(27)11-13-19)26(17-8-6-5-7-9-17)20-14-21(32-2)22(33-3)15-23(20)35-16-29(24)26/h5-15H,4,16H2,1-3H3. The number of anilines is 1. The van der Waals surface area contributed by atoms with Crippen molar-refractivity contribution in [2.24, 2.45) is 5.10 Å². The van der Waals surface area contributed by atoms with Crippen molar-refractivity contribution < 1.29 is 19.0 Å². The van der Waals surface area contributed by atoms with Gasteiger partial charge in [0.05, 0.1) is 32.4 Å². The molecule has 0 amide bonds. The Hall–Kier alpha value is -3.36. The van der Waals surface area contributed by atoms with Gasteiger partial charge in [0.2, 0.25) is 5.84 Å². The molecule has 1 unspecified atom stereocenters. The van der Waals surface area contributed by atoms with E-state index in [0.717, 1.165) is 21.7 Å². The van der Waals surface area contributed by atoms with Gasteiger partial charge >= 0.3 is 5.97 Å². The number of ether oxygens (including phenoxy) is 3. The van der Waals surface area contributed by atoms with Crippen molar-refractivity contribution in [1.82, 2.24) is 4.90 Å². The molecule has 2 aliphatic rings. The minimum absolute atomic E-state index is 0.235. The van der Waals surface area contributed by atoms with Crippen molar-refractivity contribution in [3.63, 3.8) is 0 Å². The first kappa shape index (κ1) is 23.4. The van der Waals surface area contributed by atoms with Gasteiger partial charge in [0.15, 0.2) is 17.2 Å². The van der Waals surface area contributed by atoms with E-state index < -0.39 is 11.6 Å². The fraction of sp³-hybridized carbons (Fsp3) is 0.231. The van der Waals surface area contributed by atoms with E-state index in [9.17, 15) is 4.79 Å². The summed E-state index contributed by atoms with van der Waals surface area (Å²) in [7, 11) is 3.23. The van der Waals surface area contributed by atoms with Crippen LogP contribution in [0, 0.1) is 0 Å². The van der Waals surface area contributed by atoms with Crippen LogP contribution in [-0.4, -0.2) is 43.4 Å². The van der Waals surface area contributed by atoms with Crippen molar-refractivity contribution in [2.45, 2.75) is 17.5 Å². The average Bonchev–Trinajstić information content (AvgIpc) is 3.25. The molecule has 1 atom stereocenters. The van der Waals surface area contributed by atoms with Gasteiger partial charge in [0.25, 0.3) is 0 Å². The Kier molecular flexibility index (Phi) is 6.25. The lowest BCUT2D eigenvalue weighted by molar-refractivity contribution is -0.135. The number of benzene rings is 3. The Morgan fingerprint density at radius 1 is 1.06 bits per heavy atom. The molecule has 0 N–H and O–H groups in total. The molecule has 2 heterocycles. The Morgan fingerprint density at radius 2 is 1.74 bits per heavy atom. The zero-order chi connectivity index (χ0) is 24.6. The van der Waals surface area contributed by atoms with Crippen molar-refractivity contribution in [2.75, 3.05) is 31.7 Å². The van der Waals surface area contributed by atoms with Crippen molar-refractivity contribution in [3.05, 3.63) is 82.9 Å². The van der Waals surface area contributed by atoms with Gasteiger partial charge < -0.3 is 19.1 Å². The molecule has 9 heteroatoms. The molecule has 2 aliphatic heterocycles. The fourth-order valence-electron chi connectivity index (χ4n) is 4.57. The molecule has 35 heavy (non-hydrogen) atoms. The summed E-state index contributed by atoms with van der Waals surface area (Å²) in [5, 5.41) is 7.35. The quantitative estimate of drug-likeness (QED) is 0.417. The van der Waals surface area contributed by atoms with E-state index in [1.54, 1.807) is 32.9 Å². The highest BCUT2D eigenvalue weighted by molar-refractivity contribution is 7.99. The minimum Gasteiger partial charge on any atom is -0.493 e. The topological polar surface area (TPSA) is 63.6 Å². The third-order valence-electron chi connectivity index (χ3n) is 6.06.